The van der Waals surface area contributed by atoms with Gasteiger partial charge in [0.05, 0.1) is 4.90 Å². The molecule has 1 heterocycles. The molecule has 1 aromatic rings. The third-order valence-electron chi connectivity index (χ3n) is 3.95. The molecule has 1 aromatic carbocycles. The monoisotopic (exact) mass is 367 g/mol. The molecule has 1 fully saturated rings. The van der Waals surface area contributed by atoms with E-state index >= 15 is 0 Å². The molecule has 0 aromatic heterocycles. The van der Waals surface area contributed by atoms with Crippen LogP contribution in [0.4, 0.5) is 0 Å². The second-order valence-corrected chi connectivity index (χ2v) is 8.33. The summed E-state index contributed by atoms with van der Waals surface area (Å²) in [7, 11) is -3.40. The summed E-state index contributed by atoms with van der Waals surface area (Å²) in [6.07, 6.45) is 2.33. The average Bonchev–Trinajstić information content (AvgIpc) is 3.10. The molecule has 1 saturated heterocycles. The topological polar surface area (TPSA) is 95.6 Å². The first-order valence-corrected chi connectivity index (χ1v) is 9.92. The van der Waals surface area contributed by atoms with Gasteiger partial charge >= 0.3 is 11.8 Å². The highest BCUT2D eigenvalue weighted by Crippen LogP contribution is 2.21. The lowest BCUT2D eigenvalue weighted by molar-refractivity contribution is -0.139. The summed E-state index contributed by atoms with van der Waals surface area (Å²) in [5.41, 5.74) is 0.893. The van der Waals surface area contributed by atoms with Crippen molar-refractivity contribution in [3.8, 4) is 0 Å². The molecule has 0 aliphatic carbocycles. The third-order valence-corrected chi connectivity index (χ3v) is 5.86. The predicted octanol–water partition coefficient (Wildman–Crippen LogP) is 0.654. The van der Waals surface area contributed by atoms with E-state index in [1.165, 1.54) is 4.31 Å². The highest BCUT2D eigenvalue weighted by Gasteiger charge is 2.26. The number of amides is 2. The number of carbonyl (C=O) groups is 2. The van der Waals surface area contributed by atoms with E-state index in [1.807, 2.05) is 0 Å². The predicted molar refractivity (Wildman–Crippen MR) is 94.4 cm³/mol. The summed E-state index contributed by atoms with van der Waals surface area (Å²) in [5.74, 6) is -1.32. The minimum Gasteiger partial charge on any atom is -0.348 e. The van der Waals surface area contributed by atoms with Crippen LogP contribution in [0.25, 0.3) is 0 Å². The van der Waals surface area contributed by atoms with Crippen LogP contribution in [0.5, 0.6) is 0 Å². The van der Waals surface area contributed by atoms with Gasteiger partial charge in [-0.25, -0.2) is 8.42 Å². The van der Waals surface area contributed by atoms with Crippen molar-refractivity contribution in [3.63, 3.8) is 0 Å². The Kier molecular flexibility index (Phi) is 6.55. The van der Waals surface area contributed by atoms with Crippen LogP contribution in [0.1, 0.15) is 32.3 Å². The average molecular weight is 367 g/mol. The van der Waals surface area contributed by atoms with Gasteiger partial charge in [-0.15, -0.1) is 0 Å². The van der Waals surface area contributed by atoms with E-state index in [4.69, 9.17) is 0 Å². The van der Waals surface area contributed by atoms with Crippen molar-refractivity contribution in [3.05, 3.63) is 29.8 Å². The van der Waals surface area contributed by atoms with Crippen molar-refractivity contribution in [1.29, 1.82) is 0 Å². The zero-order valence-corrected chi connectivity index (χ0v) is 15.4. The number of sulfonamides is 1. The Labute approximate surface area is 148 Å². The molecule has 0 unspecified atom stereocenters. The van der Waals surface area contributed by atoms with E-state index in [0.717, 1.165) is 18.4 Å². The second kappa shape index (κ2) is 8.44. The lowest BCUT2D eigenvalue weighted by atomic mass is 10.1. The Balaban J connectivity index is 1.86. The Morgan fingerprint density at radius 1 is 1.08 bits per heavy atom. The number of nitrogens with zero attached hydrogens (tertiary/aromatic N) is 1. The van der Waals surface area contributed by atoms with Crippen LogP contribution in [0.3, 0.4) is 0 Å². The molecule has 2 amide bonds. The van der Waals surface area contributed by atoms with Gasteiger partial charge in [0.15, 0.2) is 0 Å². The molecule has 138 valence electrons. The largest absolute Gasteiger partial charge is 0.348 e. The second-order valence-electron chi connectivity index (χ2n) is 6.39. The Hall–Kier alpha value is -1.93. The molecule has 0 radical (unpaired) electrons. The van der Waals surface area contributed by atoms with Crippen LogP contribution in [0.15, 0.2) is 29.2 Å². The zero-order valence-electron chi connectivity index (χ0n) is 14.6. The van der Waals surface area contributed by atoms with Gasteiger partial charge in [-0.2, -0.15) is 4.31 Å². The van der Waals surface area contributed by atoms with E-state index < -0.39 is 21.8 Å². The number of hydrogen-bond acceptors (Lipinski definition) is 4. The van der Waals surface area contributed by atoms with E-state index in [2.05, 4.69) is 10.6 Å². The Bertz CT molecular complexity index is 708. The van der Waals surface area contributed by atoms with Gasteiger partial charge in [0.25, 0.3) is 0 Å². The molecule has 7 nitrogen and oxygen atoms in total. The molecule has 25 heavy (non-hydrogen) atoms. The molecule has 0 atom stereocenters. The van der Waals surface area contributed by atoms with Crippen molar-refractivity contribution < 1.29 is 18.0 Å². The van der Waals surface area contributed by atoms with Crippen LogP contribution in [0, 0.1) is 0 Å². The highest BCUT2D eigenvalue weighted by molar-refractivity contribution is 7.89. The molecule has 1 aliphatic heterocycles. The molecule has 0 spiro atoms. The minimum atomic E-state index is -3.40. The van der Waals surface area contributed by atoms with Gasteiger partial charge < -0.3 is 10.6 Å². The third kappa shape index (κ3) is 5.27. The first kappa shape index (κ1) is 19.4. The van der Waals surface area contributed by atoms with Crippen molar-refractivity contribution in [2.75, 3.05) is 19.6 Å². The maximum atomic E-state index is 12.4. The van der Waals surface area contributed by atoms with E-state index in [-0.39, 0.29) is 6.04 Å². The first-order chi connectivity index (χ1) is 11.8. The summed E-state index contributed by atoms with van der Waals surface area (Å²) in [6, 6.07) is 6.57. The minimum absolute atomic E-state index is 0.0941. The van der Waals surface area contributed by atoms with Gasteiger partial charge in [-0.3, -0.25) is 9.59 Å². The van der Waals surface area contributed by atoms with Gasteiger partial charge in [0.2, 0.25) is 10.0 Å². The maximum Gasteiger partial charge on any atom is 0.309 e. The molecular weight excluding hydrogens is 342 g/mol. The standard InChI is InChI=1S/C17H25N3O4S/c1-13(2)19-17(22)16(21)18-10-9-14-5-7-15(8-6-14)25(23,24)20-11-3-4-12-20/h5-8,13H,3-4,9-12H2,1-2H3,(H,18,21)(H,19,22). The molecule has 2 rings (SSSR count). The Morgan fingerprint density at radius 3 is 2.24 bits per heavy atom. The zero-order chi connectivity index (χ0) is 18.4. The summed E-state index contributed by atoms with van der Waals surface area (Å²) in [5, 5.41) is 5.07. The summed E-state index contributed by atoms with van der Waals surface area (Å²) >= 11 is 0. The van der Waals surface area contributed by atoms with Crippen LogP contribution in [-0.2, 0) is 26.0 Å². The van der Waals surface area contributed by atoms with Crippen LogP contribution >= 0.6 is 0 Å². The molecule has 0 bridgehead atoms. The molecule has 2 N–H and O–H groups in total. The fraction of sp³-hybridized carbons (Fsp3) is 0.529. The smallest absolute Gasteiger partial charge is 0.309 e. The summed E-state index contributed by atoms with van der Waals surface area (Å²) < 4.78 is 26.4. The van der Waals surface area contributed by atoms with Gasteiger partial charge in [0.1, 0.15) is 0 Å². The van der Waals surface area contributed by atoms with E-state index in [9.17, 15) is 18.0 Å². The van der Waals surface area contributed by atoms with Gasteiger partial charge in [0, 0.05) is 25.7 Å². The number of rotatable bonds is 6. The molecule has 8 heteroatoms. The Morgan fingerprint density at radius 2 is 1.68 bits per heavy atom. The molecule has 1 aliphatic rings. The lowest BCUT2D eigenvalue weighted by Gasteiger charge is -2.15. The number of carbonyl (C=O) groups excluding carboxylic acids is 2. The van der Waals surface area contributed by atoms with E-state index in [0.29, 0.717) is 31.0 Å². The lowest BCUT2D eigenvalue weighted by Crippen LogP contribution is -2.43. The quantitative estimate of drug-likeness (QED) is 0.722. The number of benzene rings is 1. The fourth-order valence-corrected chi connectivity index (χ4v) is 4.15. The van der Waals surface area contributed by atoms with Crippen LogP contribution in [0.2, 0.25) is 0 Å². The maximum absolute atomic E-state index is 12.4. The highest BCUT2D eigenvalue weighted by atomic mass is 32.2. The molecular formula is C17H25N3O4S. The molecule has 0 saturated carbocycles. The van der Waals surface area contributed by atoms with Crippen molar-refractivity contribution in [1.82, 2.24) is 14.9 Å². The van der Waals surface area contributed by atoms with Gasteiger partial charge in [-0.1, -0.05) is 12.1 Å². The normalized spacial score (nSPS) is 15.3. The van der Waals surface area contributed by atoms with Crippen molar-refractivity contribution in [2.45, 2.75) is 44.0 Å². The first-order valence-electron chi connectivity index (χ1n) is 8.48. The van der Waals surface area contributed by atoms with Gasteiger partial charge in [-0.05, 0) is 50.8 Å². The van der Waals surface area contributed by atoms with Crippen molar-refractivity contribution in [2.24, 2.45) is 0 Å². The van der Waals surface area contributed by atoms with E-state index in [1.54, 1.807) is 38.1 Å². The SMILES string of the molecule is CC(C)NC(=O)C(=O)NCCc1ccc(S(=O)(=O)N2CCCC2)cc1. The fourth-order valence-electron chi connectivity index (χ4n) is 2.63. The number of hydrogen-bond donors (Lipinski definition) is 2. The van der Waals surface area contributed by atoms with Crippen LogP contribution in [-0.4, -0.2) is 50.2 Å². The van der Waals surface area contributed by atoms with Crippen molar-refractivity contribution >= 4 is 21.8 Å². The van der Waals surface area contributed by atoms with Crippen LogP contribution < -0.4 is 10.6 Å². The summed E-state index contributed by atoms with van der Waals surface area (Å²) in [4.78, 5) is 23.4. The summed E-state index contributed by atoms with van der Waals surface area (Å²) in [6.45, 7) is 5.03. The number of nitrogens with one attached hydrogen (secondary N) is 2.